The van der Waals surface area contributed by atoms with Crippen molar-refractivity contribution in [1.29, 1.82) is 0 Å². The third kappa shape index (κ3) is 3.28. The Morgan fingerprint density at radius 3 is 1.43 bits per heavy atom. The molecule has 0 fully saturated rings. The maximum atomic E-state index is 11.5. The molecule has 0 saturated carbocycles. The monoisotopic (exact) mass is 313 g/mol. The summed E-state index contributed by atoms with van der Waals surface area (Å²) >= 11 is 0. The van der Waals surface area contributed by atoms with Gasteiger partial charge in [-0.25, -0.2) is 0 Å². The average Bonchev–Trinajstić information content (AvgIpc) is 2.43. The molecular formula is C19H23NO3. The molecule has 0 aliphatic carbocycles. The predicted octanol–water partition coefficient (Wildman–Crippen LogP) is 2.57. The first-order valence-electron chi connectivity index (χ1n) is 7.53. The lowest BCUT2D eigenvalue weighted by molar-refractivity contribution is -0.144. The summed E-state index contributed by atoms with van der Waals surface area (Å²) in [6, 6.07) is 9.61. The van der Waals surface area contributed by atoms with Crippen molar-refractivity contribution in [1.82, 2.24) is 0 Å². The van der Waals surface area contributed by atoms with Crippen LogP contribution in [0.15, 0.2) is 36.4 Å². The minimum atomic E-state index is -1.79. The number of aryl methyl sites for hydroxylation is 4. The van der Waals surface area contributed by atoms with Crippen LogP contribution in [0.4, 0.5) is 0 Å². The highest BCUT2D eigenvalue weighted by Crippen LogP contribution is 2.34. The molecule has 0 aliphatic heterocycles. The van der Waals surface area contributed by atoms with Gasteiger partial charge in [-0.3, -0.25) is 4.79 Å². The first-order chi connectivity index (χ1) is 10.6. The number of benzene rings is 2. The summed E-state index contributed by atoms with van der Waals surface area (Å²) < 4.78 is 0. The fourth-order valence-electron chi connectivity index (χ4n) is 3.09. The molecule has 4 N–H and O–H groups in total. The maximum absolute atomic E-state index is 11.5. The van der Waals surface area contributed by atoms with Crippen molar-refractivity contribution in [3.05, 3.63) is 69.8 Å². The van der Waals surface area contributed by atoms with Crippen molar-refractivity contribution < 1.29 is 15.0 Å². The zero-order chi connectivity index (χ0) is 17.4. The van der Waals surface area contributed by atoms with E-state index in [1.165, 1.54) is 0 Å². The molecule has 4 heteroatoms. The zero-order valence-electron chi connectivity index (χ0n) is 13.9. The Kier molecular flexibility index (Phi) is 4.59. The van der Waals surface area contributed by atoms with E-state index < -0.39 is 17.6 Å². The number of aliphatic carboxylic acids is 1. The van der Waals surface area contributed by atoms with Gasteiger partial charge in [0.15, 0.2) is 0 Å². The number of rotatable bonds is 4. The smallest absolute Gasteiger partial charge is 0.324 e. The van der Waals surface area contributed by atoms with Crippen molar-refractivity contribution >= 4 is 5.97 Å². The van der Waals surface area contributed by atoms with E-state index in [2.05, 4.69) is 0 Å². The summed E-state index contributed by atoms with van der Waals surface area (Å²) in [4.78, 5) is 11.5. The van der Waals surface area contributed by atoms with E-state index in [-0.39, 0.29) is 0 Å². The summed E-state index contributed by atoms with van der Waals surface area (Å²) in [6.07, 6.45) is 0. The van der Waals surface area contributed by atoms with Gasteiger partial charge in [-0.15, -0.1) is 0 Å². The number of carboxylic acid groups (broad SMARTS) is 1. The lowest BCUT2D eigenvalue weighted by Gasteiger charge is -2.33. The standard InChI is InChI=1S/C19H23NO3/c1-11-5-12(2)8-15(7-11)19(23,17(20)18(21)22)16-9-13(3)6-14(4)10-16/h5-10,17,23H,20H2,1-4H3,(H,21,22)/t17-/m1/s1. The number of hydrogen-bond donors (Lipinski definition) is 3. The summed E-state index contributed by atoms with van der Waals surface area (Å²) in [5.74, 6) is -1.24. The van der Waals surface area contributed by atoms with E-state index in [0.29, 0.717) is 11.1 Å². The molecule has 0 saturated heterocycles. The molecule has 0 bridgehead atoms. The van der Waals surface area contributed by atoms with Gasteiger partial charge in [-0.05, 0) is 38.8 Å². The van der Waals surface area contributed by atoms with Crippen LogP contribution >= 0.6 is 0 Å². The molecule has 122 valence electrons. The quantitative estimate of drug-likeness (QED) is 0.810. The molecule has 2 aromatic rings. The Labute approximate surface area is 136 Å². The molecule has 2 rings (SSSR count). The van der Waals surface area contributed by atoms with Crippen LogP contribution in [0.3, 0.4) is 0 Å². The van der Waals surface area contributed by atoms with Crippen molar-refractivity contribution in [3.8, 4) is 0 Å². The molecule has 0 amide bonds. The third-order valence-corrected chi connectivity index (χ3v) is 4.04. The normalized spacial score (nSPS) is 13.0. The van der Waals surface area contributed by atoms with E-state index in [1.807, 2.05) is 39.8 Å². The Morgan fingerprint density at radius 1 is 0.870 bits per heavy atom. The van der Waals surface area contributed by atoms with E-state index in [9.17, 15) is 15.0 Å². The molecular weight excluding hydrogens is 290 g/mol. The number of carbonyl (C=O) groups is 1. The Balaban J connectivity index is 2.77. The highest BCUT2D eigenvalue weighted by Gasteiger charge is 2.43. The Morgan fingerprint density at radius 2 is 1.17 bits per heavy atom. The maximum Gasteiger partial charge on any atom is 0.324 e. The first-order valence-corrected chi connectivity index (χ1v) is 7.53. The van der Waals surface area contributed by atoms with Gasteiger partial charge in [0, 0.05) is 0 Å². The van der Waals surface area contributed by atoms with Crippen molar-refractivity contribution in [2.75, 3.05) is 0 Å². The van der Waals surface area contributed by atoms with Crippen LogP contribution in [0, 0.1) is 27.7 Å². The molecule has 0 radical (unpaired) electrons. The molecule has 0 aliphatic rings. The number of carboxylic acids is 1. The summed E-state index contributed by atoms with van der Waals surface area (Å²) in [7, 11) is 0. The van der Waals surface area contributed by atoms with Crippen LogP contribution in [0.5, 0.6) is 0 Å². The Hall–Kier alpha value is -2.17. The molecule has 4 nitrogen and oxygen atoms in total. The molecule has 2 aromatic carbocycles. The minimum Gasteiger partial charge on any atom is -0.480 e. The molecule has 0 unspecified atom stereocenters. The first kappa shape index (κ1) is 17.2. The second-order valence-electron chi connectivity index (χ2n) is 6.34. The largest absolute Gasteiger partial charge is 0.480 e. The molecule has 1 atom stereocenters. The highest BCUT2D eigenvalue weighted by molar-refractivity contribution is 5.76. The van der Waals surface area contributed by atoms with Gasteiger partial charge >= 0.3 is 5.97 Å². The van der Waals surface area contributed by atoms with Gasteiger partial charge in [-0.1, -0.05) is 58.7 Å². The van der Waals surface area contributed by atoms with E-state index >= 15 is 0 Å². The highest BCUT2D eigenvalue weighted by atomic mass is 16.4. The fourth-order valence-corrected chi connectivity index (χ4v) is 3.09. The summed E-state index contributed by atoms with van der Waals surface area (Å²) in [5, 5.41) is 20.8. The predicted molar refractivity (Wildman–Crippen MR) is 90.4 cm³/mol. The van der Waals surface area contributed by atoms with Gasteiger partial charge in [-0.2, -0.15) is 0 Å². The molecule has 0 spiro atoms. The van der Waals surface area contributed by atoms with Gasteiger partial charge in [0.2, 0.25) is 0 Å². The fraction of sp³-hybridized carbons (Fsp3) is 0.316. The molecule has 23 heavy (non-hydrogen) atoms. The minimum absolute atomic E-state index is 0.495. The SMILES string of the molecule is Cc1cc(C)cc(C(O)(c2cc(C)cc(C)c2)[C@H](N)C(=O)O)c1. The van der Waals surface area contributed by atoms with Crippen molar-refractivity contribution in [2.24, 2.45) is 5.73 Å². The van der Waals surface area contributed by atoms with Crippen LogP contribution < -0.4 is 5.73 Å². The molecule has 0 aromatic heterocycles. The lowest BCUT2D eigenvalue weighted by atomic mass is 9.78. The van der Waals surface area contributed by atoms with Crippen LogP contribution in [-0.2, 0) is 10.4 Å². The van der Waals surface area contributed by atoms with E-state index in [4.69, 9.17) is 5.73 Å². The topological polar surface area (TPSA) is 83.5 Å². The van der Waals surface area contributed by atoms with Crippen LogP contribution in [-0.4, -0.2) is 22.2 Å². The number of nitrogens with two attached hydrogens (primary N) is 1. The van der Waals surface area contributed by atoms with Gasteiger partial charge in [0.25, 0.3) is 0 Å². The summed E-state index contributed by atoms with van der Waals surface area (Å²) in [5.41, 5.74) is 8.89. The Bertz CT molecular complexity index is 660. The van der Waals surface area contributed by atoms with Crippen LogP contribution in [0.2, 0.25) is 0 Å². The third-order valence-electron chi connectivity index (χ3n) is 4.04. The molecule has 0 heterocycles. The van der Waals surface area contributed by atoms with Crippen molar-refractivity contribution in [3.63, 3.8) is 0 Å². The lowest BCUT2D eigenvalue weighted by Crippen LogP contribution is -2.51. The van der Waals surface area contributed by atoms with E-state index in [1.54, 1.807) is 24.3 Å². The average molecular weight is 313 g/mol. The van der Waals surface area contributed by atoms with Crippen LogP contribution in [0.25, 0.3) is 0 Å². The second kappa shape index (κ2) is 6.14. The number of hydrogen-bond acceptors (Lipinski definition) is 3. The summed E-state index contributed by atoms with van der Waals surface area (Å²) in [6.45, 7) is 7.63. The van der Waals surface area contributed by atoms with E-state index in [0.717, 1.165) is 22.3 Å². The van der Waals surface area contributed by atoms with Gasteiger partial charge < -0.3 is 15.9 Å². The van der Waals surface area contributed by atoms with Crippen LogP contribution in [0.1, 0.15) is 33.4 Å². The number of aliphatic hydroxyl groups is 1. The van der Waals surface area contributed by atoms with Crippen molar-refractivity contribution in [2.45, 2.75) is 39.3 Å². The van der Waals surface area contributed by atoms with Gasteiger partial charge in [0.05, 0.1) is 0 Å². The zero-order valence-corrected chi connectivity index (χ0v) is 13.9. The van der Waals surface area contributed by atoms with Gasteiger partial charge in [0.1, 0.15) is 11.6 Å². The second-order valence-corrected chi connectivity index (χ2v) is 6.34.